The fraction of sp³-hybridized carbons (Fsp3) is 0.0588. The van der Waals surface area contributed by atoms with Crippen molar-refractivity contribution in [3.05, 3.63) is 70.3 Å². The van der Waals surface area contributed by atoms with Crippen molar-refractivity contribution in [2.45, 2.75) is 6.92 Å². The summed E-state index contributed by atoms with van der Waals surface area (Å²) in [6.45, 7) is 2.04. The Labute approximate surface area is 132 Å². The molecule has 0 fully saturated rings. The molecule has 0 spiro atoms. The van der Waals surface area contributed by atoms with Gasteiger partial charge in [0.15, 0.2) is 0 Å². The fourth-order valence-electron chi connectivity index (χ4n) is 2.02. The second-order valence-electron chi connectivity index (χ2n) is 4.74. The van der Waals surface area contributed by atoms with Crippen LogP contribution in [0.3, 0.4) is 0 Å². The Kier molecular flexibility index (Phi) is 4.16. The molecule has 2 aromatic heterocycles. The number of carbonyl (C=O) groups excluding carboxylic acids is 1. The van der Waals surface area contributed by atoms with Crippen LogP contribution >= 0.6 is 11.3 Å². The van der Waals surface area contributed by atoms with Crippen LogP contribution in [0.5, 0.6) is 0 Å². The molecule has 0 aliphatic carbocycles. The van der Waals surface area contributed by atoms with Gasteiger partial charge in [-0.05, 0) is 36.1 Å². The van der Waals surface area contributed by atoms with Crippen molar-refractivity contribution in [1.82, 2.24) is 5.43 Å². The Hall–Kier alpha value is -2.66. The number of hydrogen-bond acceptors (Lipinski definition) is 4. The van der Waals surface area contributed by atoms with Crippen LogP contribution in [0.15, 0.2) is 63.6 Å². The van der Waals surface area contributed by atoms with Gasteiger partial charge in [0.1, 0.15) is 10.6 Å². The number of hydrazone groups is 1. The minimum Gasteiger partial charge on any atom is -0.463 e. The summed E-state index contributed by atoms with van der Waals surface area (Å²) in [5.74, 6) is 0.360. The van der Waals surface area contributed by atoms with E-state index in [0.29, 0.717) is 10.6 Å². The van der Waals surface area contributed by atoms with E-state index < -0.39 is 0 Å². The number of amides is 1. The molecule has 2 heterocycles. The van der Waals surface area contributed by atoms with Crippen molar-refractivity contribution in [2.75, 3.05) is 0 Å². The molecule has 110 valence electrons. The van der Waals surface area contributed by atoms with Crippen molar-refractivity contribution in [2.24, 2.45) is 5.10 Å². The van der Waals surface area contributed by atoms with Crippen LogP contribution in [0.1, 0.15) is 21.0 Å². The van der Waals surface area contributed by atoms with Crippen LogP contribution in [0.4, 0.5) is 0 Å². The van der Waals surface area contributed by atoms with Gasteiger partial charge in [-0.3, -0.25) is 4.79 Å². The molecule has 5 heteroatoms. The first kappa shape index (κ1) is 14.3. The van der Waals surface area contributed by atoms with Crippen molar-refractivity contribution in [1.29, 1.82) is 0 Å². The van der Waals surface area contributed by atoms with Crippen LogP contribution in [-0.2, 0) is 0 Å². The standard InChI is InChI=1S/C17H14N2O2S/c1-12-4-6-13(7-5-12)15-8-10-22-16(15)17(20)19-18-11-14-3-2-9-21-14/h2-11H,1H3,(H,19,20)/b18-11-. The zero-order valence-electron chi connectivity index (χ0n) is 11.9. The lowest BCUT2D eigenvalue weighted by molar-refractivity contribution is 0.0960. The Balaban J connectivity index is 1.76. The highest BCUT2D eigenvalue weighted by Crippen LogP contribution is 2.28. The minimum atomic E-state index is -0.228. The van der Waals surface area contributed by atoms with Crippen LogP contribution in [0.25, 0.3) is 11.1 Å². The van der Waals surface area contributed by atoms with E-state index in [9.17, 15) is 4.79 Å². The number of carbonyl (C=O) groups is 1. The van der Waals surface area contributed by atoms with Gasteiger partial charge in [0.2, 0.25) is 0 Å². The van der Waals surface area contributed by atoms with E-state index in [1.165, 1.54) is 23.1 Å². The van der Waals surface area contributed by atoms with Crippen LogP contribution in [0, 0.1) is 6.92 Å². The van der Waals surface area contributed by atoms with Crippen molar-refractivity contribution in [3.8, 4) is 11.1 Å². The average Bonchev–Trinajstić information content (AvgIpc) is 3.19. The number of hydrogen-bond donors (Lipinski definition) is 1. The van der Waals surface area contributed by atoms with E-state index in [1.54, 1.807) is 18.4 Å². The van der Waals surface area contributed by atoms with Crippen LogP contribution in [0.2, 0.25) is 0 Å². The lowest BCUT2D eigenvalue weighted by Crippen LogP contribution is -2.16. The monoisotopic (exact) mass is 310 g/mol. The summed E-state index contributed by atoms with van der Waals surface area (Å²) in [6.07, 6.45) is 3.02. The van der Waals surface area contributed by atoms with Gasteiger partial charge in [-0.15, -0.1) is 11.3 Å². The quantitative estimate of drug-likeness (QED) is 0.583. The molecule has 22 heavy (non-hydrogen) atoms. The van der Waals surface area contributed by atoms with Crippen molar-refractivity contribution >= 4 is 23.5 Å². The first-order valence-corrected chi connectivity index (χ1v) is 7.63. The van der Waals surface area contributed by atoms with Gasteiger partial charge < -0.3 is 4.42 Å². The van der Waals surface area contributed by atoms with E-state index >= 15 is 0 Å². The van der Waals surface area contributed by atoms with Gasteiger partial charge in [0.05, 0.1) is 12.5 Å². The molecule has 0 saturated heterocycles. The van der Waals surface area contributed by atoms with Crippen molar-refractivity contribution < 1.29 is 9.21 Å². The second kappa shape index (κ2) is 6.41. The third kappa shape index (κ3) is 3.15. The van der Waals surface area contributed by atoms with E-state index in [2.05, 4.69) is 10.5 Å². The lowest BCUT2D eigenvalue weighted by Gasteiger charge is -2.03. The van der Waals surface area contributed by atoms with Gasteiger partial charge in [0, 0.05) is 5.56 Å². The van der Waals surface area contributed by atoms with E-state index in [-0.39, 0.29) is 5.91 Å². The number of rotatable bonds is 4. The number of thiophene rings is 1. The molecule has 3 rings (SSSR count). The minimum absolute atomic E-state index is 0.228. The highest BCUT2D eigenvalue weighted by Gasteiger charge is 2.13. The predicted octanol–water partition coefficient (Wildman–Crippen LogP) is 4.08. The normalized spacial score (nSPS) is 11.0. The topological polar surface area (TPSA) is 54.6 Å². The molecule has 0 saturated carbocycles. The molecular weight excluding hydrogens is 296 g/mol. The first-order chi connectivity index (χ1) is 10.7. The molecule has 0 aliphatic rings. The summed E-state index contributed by atoms with van der Waals surface area (Å²) in [4.78, 5) is 12.9. The molecule has 0 unspecified atom stereocenters. The summed E-state index contributed by atoms with van der Waals surface area (Å²) in [6, 6.07) is 13.6. The molecule has 0 bridgehead atoms. The number of nitrogens with zero attached hydrogens (tertiary/aromatic N) is 1. The van der Waals surface area contributed by atoms with Crippen LogP contribution in [-0.4, -0.2) is 12.1 Å². The van der Waals surface area contributed by atoms with E-state index in [1.807, 2.05) is 42.6 Å². The predicted molar refractivity (Wildman–Crippen MR) is 88.3 cm³/mol. The molecule has 3 aromatic rings. The Morgan fingerprint density at radius 1 is 1.23 bits per heavy atom. The molecule has 1 amide bonds. The summed E-state index contributed by atoms with van der Waals surface area (Å²) in [7, 11) is 0. The Bertz CT molecular complexity index is 786. The number of aryl methyl sites for hydroxylation is 1. The molecule has 1 N–H and O–H groups in total. The SMILES string of the molecule is Cc1ccc(-c2ccsc2C(=O)N/N=C\c2ccco2)cc1. The number of nitrogens with one attached hydrogen (secondary N) is 1. The number of furan rings is 1. The summed E-state index contributed by atoms with van der Waals surface area (Å²) in [5.41, 5.74) is 5.65. The average molecular weight is 310 g/mol. The fourth-order valence-corrected chi connectivity index (χ4v) is 2.82. The third-order valence-corrected chi connectivity index (χ3v) is 4.05. The van der Waals surface area contributed by atoms with Crippen LogP contribution < -0.4 is 5.43 Å². The van der Waals surface area contributed by atoms with Gasteiger partial charge in [-0.2, -0.15) is 5.10 Å². The van der Waals surface area contributed by atoms with Gasteiger partial charge >= 0.3 is 0 Å². The Morgan fingerprint density at radius 2 is 2.05 bits per heavy atom. The van der Waals surface area contributed by atoms with Gasteiger partial charge in [0.25, 0.3) is 5.91 Å². The smallest absolute Gasteiger partial charge is 0.282 e. The molecule has 0 aliphatic heterocycles. The molecule has 4 nitrogen and oxygen atoms in total. The maximum atomic E-state index is 12.3. The van der Waals surface area contributed by atoms with Crippen molar-refractivity contribution in [3.63, 3.8) is 0 Å². The van der Waals surface area contributed by atoms with Gasteiger partial charge in [-0.25, -0.2) is 5.43 Å². The second-order valence-corrected chi connectivity index (χ2v) is 5.66. The maximum absolute atomic E-state index is 12.3. The molecule has 1 aromatic carbocycles. The highest BCUT2D eigenvalue weighted by atomic mass is 32.1. The maximum Gasteiger partial charge on any atom is 0.282 e. The zero-order chi connectivity index (χ0) is 15.4. The summed E-state index contributed by atoms with van der Waals surface area (Å²) in [5, 5.41) is 5.81. The number of benzene rings is 1. The lowest BCUT2D eigenvalue weighted by atomic mass is 10.1. The molecule has 0 atom stereocenters. The highest BCUT2D eigenvalue weighted by molar-refractivity contribution is 7.12. The molecular formula is C17H14N2O2S. The summed E-state index contributed by atoms with van der Waals surface area (Å²) < 4.78 is 5.11. The largest absolute Gasteiger partial charge is 0.463 e. The summed E-state index contributed by atoms with van der Waals surface area (Å²) >= 11 is 1.40. The Morgan fingerprint density at radius 3 is 2.77 bits per heavy atom. The molecule has 0 radical (unpaired) electrons. The first-order valence-electron chi connectivity index (χ1n) is 6.75. The van der Waals surface area contributed by atoms with E-state index in [0.717, 1.165) is 11.1 Å². The van der Waals surface area contributed by atoms with Gasteiger partial charge in [-0.1, -0.05) is 29.8 Å². The third-order valence-electron chi connectivity index (χ3n) is 3.14. The zero-order valence-corrected chi connectivity index (χ0v) is 12.8. The van der Waals surface area contributed by atoms with E-state index in [4.69, 9.17) is 4.42 Å².